The van der Waals surface area contributed by atoms with E-state index in [1.807, 2.05) is 25.1 Å². The summed E-state index contributed by atoms with van der Waals surface area (Å²) in [5, 5.41) is 0. The molecular formula is C14H17N3O. The van der Waals surface area contributed by atoms with Crippen LogP contribution >= 0.6 is 0 Å². The molecular weight excluding hydrogens is 226 g/mol. The fraction of sp³-hybridized carbons (Fsp3) is 0.214. The summed E-state index contributed by atoms with van der Waals surface area (Å²) in [4.78, 5) is 4.23. The SMILES string of the molecule is Cc1ccc(OCc2cc(NN)ccn2)c(C)c1. The highest BCUT2D eigenvalue weighted by atomic mass is 16.5. The topological polar surface area (TPSA) is 60.2 Å². The number of rotatable bonds is 4. The summed E-state index contributed by atoms with van der Waals surface area (Å²) in [5.41, 5.74) is 6.61. The first kappa shape index (κ1) is 12.4. The zero-order chi connectivity index (χ0) is 13.0. The van der Waals surface area contributed by atoms with Crippen molar-refractivity contribution >= 4 is 5.69 Å². The molecule has 4 nitrogen and oxygen atoms in total. The Morgan fingerprint density at radius 3 is 2.78 bits per heavy atom. The molecule has 1 heterocycles. The van der Waals surface area contributed by atoms with Crippen LogP contribution in [0.2, 0.25) is 0 Å². The molecule has 0 spiro atoms. The molecule has 0 saturated carbocycles. The third kappa shape index (κ3) is 2.99. The Balaban J connectivity index is 2.06. The molecule has 1 aromatic heterocycles. The maximum Gasteiger partial charge on any atom is 0.130 e. The lowest BCUT2D eigenvalue weighted by molar-refractivity contribution is 0.299. The molecule has 0 unspecified atom stereocenters. The highest BCUT2D eigenvalue weighted by Crippen LogP contribution is 2.20. The van der Waals surface area contributed by atoms with Crippen molar-refractivity contribution in [2.24, 2.45) is 5.84 Å². The lowest BCUT2D eigenvalue weighted by Crippen LogP contribution is -2.08. The first-order valence-electron chi connectivity index (χ1n) is 5.80. The quantitative estimate of drug-likeness (QED) is 0.640. The Morgan fingerprint density at radius 1 is 1.22 bits per heavy atom. The van der Waals surface area contributed by atoms with Crippen LogP contribution in [0.1, 0.15) is 16.8 Å². The molecule has 1 aromatic carbocycles. The second-order valence-corrected chi connectivity index (χ2v) is 4.24. The molecule has 0 radical (unpaired) electrons. The monoisotopic (exact) mass is 243 g/mol. The number of nitrogen functional groups attached to an aromatic ring is 1. The van der Waals surface area contributed by atoms with Gasteiger partial charge in [0.1, 0.15) is 12.4 Å². The van der Waals surface area contributed by atoms with Crippen molar-refractivity contribution < 1.29 is 4.74 Å². The van der Waals surface area contributed by atoms with E-state index in [1.54, 1.807) is 12.3 Å². The summed E-state index contributed by atoms with van der Waals surface area (Å²) in [6, 6.07) is 9.79. The second kappa shape index (κ2) is 5.51. The van der Waals surface area contributed by atoms with Gasteiger partial charge in [0.15, 0.2) is 0 Å². The van der Waals surface area contributed by atoms with Crippen LogP contribution in [0.5, 0.6) is 5.75 Å². The summed E-state index contributed by atoms with van der Waals surface area (Å²) in [6.07, 6.45) is 1.70. The zero-order valence-corrected chi connectivity index (χ0v) is 10.6. The maximum atomic E-state index is 5.75. The Bertz CT molecular complexity index is 540. The van der Waals surface area contributed by atoms with Crippen LogP contribution < -0.4 is 16.0 Å². The number of benzene rings is 1. The second-order valence-electron chi connectivity index (χ2n) is 4.24. The van der Waals surface area contributed by atoms with E-state index in [2.05, 4.69) is 23.4 Å². The first-order chi connectivity index (χ1) is 8.69. The molecule has 0 saturated heterocycles. The smallest absolute Gasteiger partial charge is 0.130 e. The Morgan fingerprint density at radius 2 is 2.06 bits per heavy atom. The minimum absolute atomic E-state index is 0.430. The van der Waals surface area contributed by atoms with E-state index in [0.29, 0.717) is 6.61 Å². The van der Waals surface area contributed by atoms with Gasteiger partial charge in [-0.2, -0.15) is 0 Å². The van der Waals surface area contributed by atoms with E-state index in [0.717, 1.165) is 22.7 Å². The number of ether oxygens (including phenoxy) is 1. The number of anilines is 1. The molecule has 94 valence electrons. The van der Waals surface area contributed by atoms with Crippen molar-refractivity contribution in [1.29, 1.82) is 0 Å². The van der Waals surface area contributed by atoms with Crippen molar-refractivity contribution in [2.45, 2.75) is 20.5 Å². The van der Waals surface area contributed by atoms with Gasteiger partial charge in [-0.3, -0.25) is 10.8 Å². The van der Waals surface area contributed by atoms with Gasteiger partial charge in [-0.05, 0) is 37.6 Å². The third-order valence-corrected chi connectivity index (χ3v) is 2.69. The molecule has 0 aliphatic rings. The number of aryl methyl sites for hydroxylation is 2. The summed E-state index contributed by atoms with van der Waals surface area (Å²) in [5.74, 6) is 6.23. The number of aromatic nitrogens is 1. The molecule has 18 heavy (non-hydrogen) atoms. The summed E-state index contributed by atoms with van der Waals surface area (Å²) in [7, 11) is 0. The summed E-state index contributed by atoms with van der Waals surface area (Å²) < 4.78 is 5.75. The molecule has 0 amide bonds. The third-order valence-electron chi connectivity index (χ3n) is 2.69. The number of nitrogens with two attached hydrogens (primary N) is 1. The maximum absolute atomic E-state index is 5.75. The van der Waals surface area contributed by atoms with Gasteiger partial charge >= 0.3 is 0 Å². The van der Waals surface area contributed by atoms with Crippen LogP contribution in [-0.2, 0) is 6.61 Å². The minimum atomic E-state index is 0.430. The van der Waals surface area contributed by atoms with Crippen molar-refractivity contribution in [3.8, 4) is 5.75 Å². The van der Waals surface area contributed by atoms with E-state index < -0.39 is 0 Å². The van der Waals surface area contributed by atoms with E-state index in [-0.39, 0.29) is 0 Å². The van der Waals surface area contributed by atoms with Crippen LogP contribution in [0.15, 0.2) is 36.5 Å². The number of hydrazine groups is 1. The number of nitrogens with one attached hydrogen (secondary N) is 1. The van der Waals surface area contributed by atoms with Crippen LogP contribution in [0.3, 0.4) is 0 Å². The summed E-state index contributed by atoms with van der Waals surface area (Å²) in [6.45, 7) is 4.53. The molecule has 0 aliphatic heterocycles. The normalized spacial score (nSPS) is 10.2. The molecule has 2 aromatic rings. The predicted molar refractivity (Wildman–Crippen MR) is 72.3 cm³/mol. The van der Waals surface area contributed by atoms with E-state index in [9.17, 15) is 0 Å². The predicted octanol–water partition coefficient (Wildman–Crippen LogP) is 2.56. The van der Waals surface area contributed by atoms with Gasteiger partial charge in [-0.25, -0.2) is 0 Å². The van der Waals surface area contributed by atoms with Gasteiger partial charge in [0, 0.05) is 6.20 Å². The zero-order valence-electron chi connectivity index (χ0n) is 10.6. The average molecular weight is 243 g/mol. The summed E-state index contributed by atoms with van der Waals surface area (Å²) >= 11 is 0. The Hall–Kier alpha value is -2.07. The number of pyridine rings is 1. The standard InChI is InChI=1S/C14H17N3O/c1-10-3-4-14(11(2)7-10)18-9-13-8-12(17-15)5-6-16-13/h3-8H,9,15H2,1-2H3,(H,16,17). The molecule has 0 aliphatic carbocycles. The van der Waals surface area contributed by atoms with Crippen LogP contribution in [-0.4, -0.2) is 4.98 Å². The fourth-order valence-electron chi connectivity index (χ4n) is 1.76. The number of hydrogen-bond donors (Lipinski definition) is 2. The number of hydrogen-bond acceptors (Lipinski definition) is 4. The van der Waals surface area contributed by atoms with Gasteiger partial charge in [0.2, 0.25) is 0 Å². The van der Waals surface area contributed by atoms with Gasteiger partial charge in [-0.15, -0.1) is 0 Å². The molecule has 4 heteroatoms. The molecule has 3 N–H and O–H groups in total. The molecule has 0 fully saturated rings. The largest absolute Gasteiger partial charge is 0.487 e. The lowest BCUT2D eigenvalue weighted by atomic mass is 10.1. The molecule has 2 rings (SSSR count). The van der Waals surface area contributed by atoms with Crippen molar-refractivity contribution in [2.75, 3.05) is 5.43 Å². The van der Waals surface area contributed by atoms with E-state index >= 15 is 0 Å². The highest BCUT2D eigenvalue weighted by molar-refractivity contribution is 5.41. The van der Waals surface area contributed by atoms with Crippen molar-refractivity contribution in [3.05, 3.63) is 53.3 Å². The lowest BCUT2D eigenvalue weighted by Gasteiger charge is -2.10. The van der Waals surface area contributed by atoms with Gasteiger partial charge < -0.3 is 10.2 Å². The molecule has 0 atom stereocenters. The van der Waals surface area contributed by atoms with E-state index in [1.165, 1.54) is 5.56 Å². The van der Waals surface area contributed by atoms with Gasteiger partial charge in [0.25, 0.3) is 0 Å². The Labute approximate surface area is 107 Å². The first-order valence-corrected chi connectivity index (χ1v) is 5.80. The van der Waals surface area contributed by atoms with Crippen molar-refractivity contribution in [3.63, 3.8) is 0 Å². The fourth-order valence-corrected chi connectivity index (χ4v) is 1.76. The van der Waals surface area contributed by atoms with Crippen molar-refractivity contribution in [1.82, 2.24) is 4.98 Å². The molecule has 0 bridgehead atoms. The van der Waals surface area contributed by atoms with E-state index in [4.69, 9.17) is 10.6 Å². The minimum Gasteiger partial charge on any atom is -0.487 e. The number of nitrogens with zero attached hydrogens (tertiary/aromatic N) is 1. The van der Waals surface area contributed by atoms with Crippen LogP contribution in [0, 0.1) is 13.8 Å². The van der Waals surface area contributed by atoms with Crippen LogP contribution in [0.4, 0.5) is 5.69 Å². The average Bonchev–Trinajstić information content (AvgIpc) is 2.38. The van der Waals surface area contributed by atoms with Crippen LogP contribution in [0.25, 0.3) is 0 Å². The Kier molecular flexibility index (Phi) is 3.79. The highest BCUT2D eigenvalue weighted by Gasteiger charge is 2.02. The van der Waals surface area contributed by atoms with Gasteiger partial charge in [-0.1, -0.05) is 17.7 Å². The van der Waals surface area contributed by atoms with Gasteiger partial charge in [0.05, 0.1) is 11.4 Å².